The molecule has 134 valence electrons. The van der Waals surface area contributed by atoms with Crippen LogP contribution in [0.3, 0.4) is 0 Å². The molecule has 2 heterocycles. The number of hydrogen-bond acceptors (Lipinski definition) is 7. The van der Waals surface area contributed by atoms with Crippen LogP contribution in [-0.2, 0) is 6.54 Å². The molecule has 1 N–H and O–H groups in total. The summed E-state index contributed by atoms with van der Waals surface area (Å²) in [6.45, 7) is 3.00. The van der Waals surface area contributed by atoms with Gasteiger partial charge in [0.2, 0.25) is 5.13 Å². The lowest BCUT2D eigenvalue weighted by molar-refractivity contribution is 0.102. The van der Waals surface area contributed by atoms with Crippen molar-refractivity contribution in [1.82, 2.24) is 15.1 Å². The number of likely N-dealkylation sites (tertiary alicyclic amines) is 1. The van der Waals surface area contributed by atoms with E-state index < -0.39 is 0 Å². The van der Waals surface area contributed by atoms with Crippen molar-refractivity contribution < 1.29 is 14.3 Å². The predicted octanol–water partition coefficient (Wildman–Crippen LogP) is 2.79. The molecule has 1 aromatic carbocycles. The summed E-state index contributed by atoms with van der Waals surface area (Å²) < 4.78 is 10.4. The number of piperidine rings is 1. The Bertz CT molecular complexity index is 728. The van der Waals surface area contributed by atoms with Gasteiger partial charge in [-0.25, -0.2) is 0 Å². The number of amides is 1. The highest BCUT2D eigenvalue weighted by molar-refractivity contribution is 7.15. The van der Waals surface area contributed by atoms with Gasteiger partial charge in [0.15, 0.2) is 11.5 Å². The van der Waals surface area contributed by atoms with Gasteiger partial charge < -0.3 is 9.47 Å². The molecule has 1 aromatic heterocycles. The summed E-state index contributed by atoms with van der Waals surface area (Å²) in [5, 5.41) is 12.5. The highest BCUT2D eigenvalue weighted by Gasteiger charge is 2.16. The number of anilines is 1. The van der Waals surface area contributed by atoms with E-state index >= 15 is 0 Å². The molecular weight excluding hydrogens is 340 g/mol. The molecule has 1 amide bonds. The number of carbonyl (C=O) groups is 1. The molecule has 0 radical (unpaired) electrons. The number of nitrogens with one attached hydrogen (secondary N) is 1. The van der Waals surface area contributed by atoms with Gasteiger partial charge >= 0.3 is 0 Å². The van der Waals surface area contributed by atoms with Gasteiger partial charge in [0.1, 0.15) is 5.01 Å². The minimum Gasteiger partial charge on any atom is -0.493 e. The van der Waals surface area contributed by atoms with Crippen LogP contribution >= 0.6 is 11.3 Å². The second-order valence-corrected chi connectivity index (χ2v) is 6.92. The second-order valence-electron chi connectivity index (χ2n) is 5.86. The lowest BCUT2D eigenvalue weighted by Gasteiger charge is -2.24. The maximum atomic E-state index is 12.4. The topological polar surface area (TPSA) is 76.6 Å². The Hall–Kier alpha value is -2.19. The van der Waals surface area contributed by atoms with Crippen molar-refractivity contribution in [2.45, 2.75) is 25.8 Å². The van der Waals surface area contributed by atoms with Gasteiger partial charge in [-0.1, -0.05) is 17.8 Å². The zero-order valence-electron chi connectivity index (χ0n) is 14.4. The largest absolute Gasteiger partial charge is 0.493 e. The number of carbonyl (C=O) groups excluding carboxylic acids is 1. The molecule has 3 rings (SSSR count). The van der Waals surface area contributed by atoms with Gasteiger partial charge in [0, 0.05) is 5.56 Å². The maximum Gasteiger partial charge on any atom is 0.257 e. The van der Waals surface area contributed by atoms with Crippen molar-refractivity contribution in [3.63, 3.8) is 0 Å². The first kappa shape index (κ1) is 17.6. The normalized spacial score (nSPS) is 15.0. The summed E-state index contributed by atoms with van der Waals surface area (Å²) in [5.74, 6) is 0.846. The van der Waals surface area contributed by atoms with Crippen LogP contribution in [0.5, 0.6) is 11.5 Å². The molecule has 0 spiro atoms. The first-order chi connectivity index (χ1) is 12.2. The molecule has 1 aliphatic heterocycles. The third kappa shape index (κ3) is 4.46. The van der Waals surface area contributed by atoms with Gasteiger partial charge in [-0.2, -0.15) is 0 Å². The fourth-order valence-electron chi connectivity index (χ4n) is 2.82. The Morgan fingerprint density at radius 2 is 1.92 bits per heavy atom. The fourth-order valence-corrected chi connectivity index (χ4v) is 3.60. The van der Waals surface area contributed by atoms with Crippen LogP contribution in [0.4, 0.5) is 5.13 Å². The van der Waals surface area contributed by atoms with Crippen LogP contribution in [0.1, 0.15) is 34.6 Å². The van der Waals surface area contributed by atoms with E-state index in [9.17, 15) is 4.79 Å². The molecule has 8 heteroatoms. The van der Waals surface area contributed by atoms with Gasteiger partial charge in [-0.15, -0.1) is 10.2 Å². The second kappa shape index (κ2) is 8.26. The number of benzene rings is 1. The maximum absolute atomic E-state index is 12.4. The van der Waals surface area contributed by atoms with Crippen LogP contribution in [0.25, 0.3) is 0 Å². The fraction of sp³-hybridized carbons (Fsp3) is 0.471. The molecule has 1 saturated heterocycles. The summed E-state index contributed by atoms with van der Waals surface area (Å²) in [7, 11) is 3.10. The summed E-state index contributed by atoms with van der Waals surface area (Å²) in [5.41, 5.74) is 0.477. The van der Waals surface area contributed by atoms with Crippen molar-refractivity contribution >= 4 is 22.4 Å². The van der Waals surface area contributed by atoms with E-state index in [2.05, 4.69) is 20.4 Å². The Kier molecular flexibility index (Phi) is 5.83. The monoisotopic (exact) mass is 362 g/mol. The molecule has 0 aliphatic carbocycles. The Balaban J connectivity index is 1.63. The lowest BCUT2D eigenvalue weighted by Crippen LogP contribution is -2.28. The SMILES string of the molecule is COc1ccc(C(=O)Nc2nnc(CN3CCCCC3)s2)cc1OC. The van der Waals surface area contributed by atoms with Crippen LogP contribution in [0.15, 0.2) is 18.2 Å². The third-order valence-electron chi connectivity index (χ3n) is 4.14. The van der Waals surface area contributed by atoms with Crippen molar-refractivity contribution in [1.29, 1.82) is 0 Å². The Morgan fingerprint density at radius 3 is 2.64 bits per heavy atom. The first-order valence-corrected chi connectivity index (χ1v) is 9.09. The third-order valence-corrected chi connectivity index (χ3v) is 4.96. The molecule has 2 aromatic rings. The molecule has 1 aliphatic rings. The highest BCUT2D eigenvalue weighted by atomic mass is 32.1. The van der Waals surface area contributed by atoms with Gasteiger partial charge in [0.25, 0.3) is 5.91 Å². The zero-order valence-corrected chi connectivity index (χ0v) is 15.3. The average molecular weight is 362 g/mol. The van der Waals surface area contributed by atoms with Crippen molar-refractivity contribution in [2.75, 3.05) is 32.6 Å². The molecular formula is C17H22N4O3S. The molecule has 1 fully saturated rings. The average Bonchev–Trinajstić information content (AvgIpc) is 3.08. The number of ether oxygens (including phenoxy) is 2. The number of rotatable bonds is 6. The molecule has 0 atom stereocenters. The van der Waals surface area contributed by atoms with Crippen molar-refractivity contribution in [3.8, 4) is 11.5 Å². The number of hydrogen-bond donors (Lipinski definition) is 1. The van der Waals surface area contributed by atoms with E-state index in [4.69, 9.17) is 9.47 Å². The van der Waals surface area contributed by atoms with E-state index in [0.29, 0.717) is 22.2 Å². The van der Waals surface area contributed by atoms with E-state index in [-0.39, 0.29) is 5.91 Å². The molecule has 0 bridgehead atoms. The number of aromatic nitrogens is 2. The van der Waals surface area contributed by atoms with E-state index in [1.54, 1.807) is 25.3 Å². The Morgan fingerprint density at radius 1 is 1.16 bits per heavy atom. The van der Waals surface area contributed by atoms with Crippen LogP contribution in [0.2, 0.25) is 0 Å². The molecule has 0 saturated carbocycles. The standard InChI is InChI=1S/C17H22N4O3S/c1-23-13-7-6-12(10-14(13)24-2)16(22)18-17-20-19-15(25-17)11-21-8-4-3-5-9-21/h6-7,10H,3-5,8-9,11H2,1-2H3,(H,18,20,22). The summed E-state index contributed by atoms with van der Waals surface area (Å²) in [6.07, 6.45) is 3.78. The van der Waals surface area contributed by atoms with Gasteiger partial charge in [0.05, 0.1) is 20.8 Å². The lowest BCUT2D eigenvalue weighted by atomic mass is 10.1. The zero-order chi connectivity index (χ0) is 17.6. The van der Waals surface area contributed by atoms with Crippen molar-refractivity contribution in [3.05, 3.63) is 28.8 Å². The smallest absolute Gasteiger partial charge is 0.257 e. The first-order valence-electron chi connectivity index (χ1n) is 8.27. The van der Waals surface area contributed by atoms with E-state index in [1.807, 2.05) is 0 Å². The van der Waals surface area contributed by atoms with Crippen LogP contribution in [0, 0.1) is 0 Å². The van der Waals surface area contributed by atoms with Crippen LogP contribution < -0.4 is 14.8 Å². The van der Waals surface area contributed by atoms with Gasteiger partial charge in [-0.05, 0) is 44.1 Å². The van der Waals surface area contributed by atoms with E-state index in [1.165, 1.54) is 37.7 Å². The Labute approximate surface area is 151 Å². The number of methoxy groups -OCH3 is 2. The molecule has 25 heavy (non-hydrogen) atoms. The highest BCUT2D eigenvalue weighted by Crippen LogP contribution is 2.28. The number of nitrogens with zero attached hydrogens (tertiary/aromatic N) is 3. The molecule has 7 nitrogen and oxygen atoms in total. The van der Waals surface area contributed by atoms with Gasteiger partial charge in [-0.3, -0.25) is 15.0 Å². The quantitative estimate of drug-likeness (QED) is 0.851. The molecule has 0 unspecified atom stereocenters. The van der Waals surface area contributed by atoms with Crippen LogP contribution in [-0.4, -0.2) is 48.3 Å². The summed E-state index contributed by atoms with van der Waals surface area (Å²) in [6, 6.07) is 5.03. The van der Waals surface area contributed by atoms with E-state index in [0.717, 1.165) is 24.6 Å². The van der Waals surface area contributed by atoms with Crippen molar-refractivity contribution in [2.24, 2.45) is 0 Å². The predicted molar refractivity (Wildman–Crippen MR) is 96.5 cm³/mol. The minimum absolute atomic E-state index is 0.248. The minimum atomic E-state index is -0.248. The summed E-state index contributed by atoms with van der Waals surface area (Å²) in [4.78, 5) is 14.8. The summed E-state index contributed by atoms with van der Waals surface area (Å²) >= 11 is 1.42.